The zero-order chi connectivity index (χ0) is 20.1. The summed E-state index contributed by atoms with van der Waals surface area (Å²) in [6.07, 6.45) is 0. The Morgan fingerprint density at radius 2 is 1.86 bits per heavy atom. The lowest BCUT2D eigenvalue weighted by Gasteiger charge is -2.12. The van der Waals surface area contributed by atoms with Crippen LogP contribution < -0.4 is 16.7 Å². The van der Waals surface area contributed by atoms with Gasteiger partial charge in [0, 0.05) is 11.1 Å². The second kappa shape index (κ2) is 8.53. The molecule has 0 bridgehead atoms. The first-order valence-electron chi connectivity index (χ1n) is 8.24. The molecule has 0 fully saturated rings. The molecule has 1 heterocycles. The minimum absolute atomic E-state index is 0.270. The highest BCUT2D eigenvalue weighted by Crippen LogP contribution is 2.25. The van der Waals surface area contributed by atoms with Gasteiger partial charge in [-0.25, -0.2) is 9.07 Å². The van der Waals surface area contributed by atoms with E-state index in [1.807, 2.05) is 0 Å². The van der Waals surface area contributed by atoms with Crippen molar-refractivity contribution in [1.29, 1.82) is 0 Å². The summed E-state index contributed by atoms with van der Waals surface area (Å²) in [6, 6.07) is 14.3. The number of nitrogens with one attached hydrogen (secondary N) is 2. The molecular weight excluding hydrogens is 383 g/mol. The van der Waals surface area contributed by atoms with Crippen molar-refractivity contribution < 1.29 is 14.0 Å². The van der Waals surface area contributed by atoms with Gasteiger partial charge in [-0.2, -0.15) is 0 Å². The summed E-state index contributed by atoms with van der Waals surface area (Å²) in [5.74, 6) is 4.96. The number of amides is 2. The zero-order valence-electron chi connectivity index (χ0n) is 14.8. The van der Waals surface area contributed by atoms with E-state index in [2.05, 4.69) is 21.0 Å². The number of nitrogens with zero attached hydrogens (tertiary/aromatic N) is 3. The molecule has 0 radical (unpaired) electrons. The van der Waals surface area contributed by atoms with E-state index in [0.717, 1.165) is 11.8 Å². The summed E-state index contributed by atoms with van der Waals surface area (Å²) < 4.78 is 14.6. The van der Waals surface area contributed by atoms with Crippen molar-refractivity contribution in [2.75, 3.05) is 5.84 Å². The van der Waals surface area contributed by atoms with Crippen LogP contribution in [0, 0.1) is 5.82 Å². The van der Waals surface area contributed by atoms with E-state index in [-0.39, 0.29) is 11.0 Å². The second-order valence-corrected chi connectivity index (χ2v) is 7.06. The molecule has 0 aliphatic heterocycles. The SMILES string of the molecule is C[C@@H](Sc1nnc(-c2cccc(F)c2)n1N)C(=O)NNC(=O)c1ccccc1. The average molecular weight is 400 g/mol. The monoisotopic (exact) mass is 400 g/mol. The van der Waals surface area contributed by atoms with Crippen LogP contribution in [0.1, 0.15) is 17.3 Å². The Hall–Kier alpha value is -3.40. The maximum Gasteiger partial charge on any atom is 0.269 e. The van der Waals surface area contributed by atoms with Gasteiger partial charge in [-0.1, -0.05) is 42.1 Å². The van der Waals surface area contributed by atoms with Crippen molar-refractivity contribution >= 4 is 23.6 Å². The Morgan fingerprint density at radius 1 is 1.11 bits per heavy atom. The van der Waals surface area contributed by atoms with Crippen molar-refractivity contribution in [3.05, 3.63) is 66.0 Å². The number of rotatable bonds is 5. The molecular formula is C18H17FN6O2S. The van der Waals surface area contributed by atoms with Gasteiger partial charge in [0.15, 0.2) is 5.82 Å². The molecule has 3 aromatic rings. The topological polar surface area (TPSA) is 115 Å². The number of thioether (sulfide) groups is 1. The van der Waals surface area contributed by atoms with Crippen LogP contribution in [0.4, 0.5) is 4.39 Å². The molecule has 2 aromatic carbocycles. The van der Waals surface area contributed by atoms with Crippen molar-refractivity contribution in [2.24, 2.45) is 0 Å². The average Bonchev–Trinajstić information content (AvgIpc) is 3.06. The molecule has 0 aliphatic rings. The molecule has 0 saturated carbocycles. The number of halogens is 1. The number of benzene rings is 2. The summed E-state index contributed by atoms with van der Waals surface area (Å²) in [6.45, 7) is 1.63. The summed E-state index contributed by atoms with van der Waals surface area (Å²) in [5, 5.41) is 7.55. The summed E-state index contributed by atoms with van der Waals surface area (Å²) in [5.41, 5.74) is 5.60. The Labute approximate surface area is 164 Å². The first-order valence-corrected chi connectivity index (χ1v) is 9.12. The van der Waals surface area contributed by atoms with Gasteiger partial charge >= 0.3 is 0 Å². The lowest BCUT2D eigenvalue weighted by Crippen LogP contribution is -2.45. The van der Waals surface area contributed by atoms with E-state index in [9.17, 15) is 14.0 Å². The van der Waals surface area contributed by atoms with Crippen molar-refractivity contribution in [3.63, 3.8) is 0 Å². The maximum absolute atomic E-state index is 13.4. The first-order chi connectivity index (χ1) is 13.5. The van der Waals surface area contributed by atoms with E-state index in [1.165, 1.54) is 22.9 Å². The molecule has 0 aliphatic carbocycles. The largest absolute Gasteiger partial charge is 0.335 e. The summed E-state index contributed by atoms with van der Waals surface area (Å²) in [7, 11) is 0. The molecule has 0 unspecified atom stereocenters. The van der Waals surface area contributed by atoms with Gasteiger partial charge in [0.05, 0.1) is 5.25 Å². The Morgan fingerprint density at radius 3 is 2.57 bits per heavy atom. The van der Waals surface area contributed by atoms with Crippen LogP contribution in [-0.4, -0.2) is 31.9 Å². The van der Waals surface area contributed by atoms with Crippen LogP contribution >= 0.6 is 11.8 Å². The smallest absolute Gasteiger partial charge is 0.269 e. The van der Waals surface area contributed by atoms with Crippen molar-refractivity contribution in [3.8, 4) is 11.4 Å². The van der Waals surface area contributed by atoms with Gasteiger partial charge in [-0.3, -0.25) is 20.4 Å². The lowest BCUT2D eigenvalue weighted by atomic mass is 10.2. The van der Waals surface area contributed by atoms with E-state index in [4.69, 9.17) is 5.84 Å². The van der Waals surface area contributed by atoms with Gasteiger partial charge in [-0.15, -0.1) is 10.2 Å². The first kappa shape index (κ1) is 19.4. The van der Waals surface area contributed by atoms with Crippen LogP contribution in [0.15, 0.2) is 59.8 Å². The summed E-state index contributed by atoms with van der Waals surface area (Å²) >= 11 is 1.05. The third-order valence-electron chi connectivity index (χ3n) is 3.73. The number of carbonyl (C=O) groups excluding carboxylic acids is 2. The third-order valence-corrected chi connectivity index (χ3v) is 4.79. The molecule has 1 atom stereocenters. The second-order valence-electron chi connectivity index (χ2n) is 5.76. The Kier molecular flexibility index (Phi) is 5.90. The highest BCUT2D eigenvalue weighted by molar-refractivity contribution is 8.00. The molecule has 1 aromatic heterocycles. The molecule has 0 spiro atoms. The number of hydrazine groups is 1. The standard InChI is InChI=1S/C18H17FN6O2S/c1-11(16(26)22-23-17(27)12-6-3-2-4-7-12)28-18-24-21-15(25(18)20)13-8-5-9-14(19)10-13/h2-11H,20H2,1H3,(H,22,26)(H,23,27)/t11-/m1/s1. The van der Waals surface area contributed by atoms with Gasteiger partial charge < -0.3 is 5.84 Å². The number of hydrogen-bond acceptors (Lipinski definition) is 6. The van der Waals surface area contributed by atoms with Crippen molar-refractivity contribution in [1.82, 2.24) is 25.7 Å². The maximum atomic E-state index is 13.4. The van der Waals surface area contributed by atoms with Gasteiger partial charge in [-0.05, 0) is 31.2 Å². The highest BCUT2D eigenvalue weighted by atomic mass is 32.2. The molecule has 28 heavy (non-hydrogen) atoms. The number of nitrogen functional groups attached to an aromatic ring is 1. The third kappa shape index (κ3) is 4.46. The number of aromatic nitrogens is 3. The Balaban J connectivity index is 1.61. The molecule has 0 saturated heterocycles. The predicted molar refractivity (Wildman–Crippen MR) is 103 cm³/mol. The van der Waals surface area contributed by atoms with Gasteiger partial charge in [0.25, 0.3) is 11.8 Å². The van der Waals surface area contributed by atoms with E-state index < -0.39 is 22.9 Å². The van der Waals surface area contributed by atoms with Crippen molar-refractivity contribution in [2.45, 2.75) is 17.3 Å². The quantitative estimate of drug-likeness (QED) is 0.341. The number of nitrogens with two attached hydrogens (primary N) is 1. The minimum Gasteiger partial charge on any atom is -0.335 e. The molecule has 8 nitrogen and oxygen atoms in total. The summed E-state index contributed by atoms with van der Waals surface area (Å²) in [4.78, 5) is 24.2. The normalized spacial score (nSPS) is 11.6. The zero-order valence-corrected chi connectivity index (χ0v) is 15.6. The highest BCUT2D eigenvalue weighted by Gasteiger charge is 2.20. The number of carbonyl (C=O) groups is 2. The minimum atomic E-state index is -0.622. The molecule has 3 rings (SSSR count). The number of hydrogen-bond donors (Lipinski definition) is 3. The predicted octanol–water partition coefficient (Wildman–Crippen LogP) is 1.74. The Bertz CT molecular complexity index is 995. The van der Waals surface area contributed by atoms with E-state index >= 15 is 0 Å². The fraction of sp³-hybridized carbons (Fsp3) is 0.111. The fourth-order valence-corrected chi connectivity index (χ4v) is 3.05. The van der Waals surface area contributed by atoms with Crippen LogP contribution in [-0.2, 0) is 4.79 Å². The van der Waals surface area contributed by atoms with Gasteiger partial charge in [0.1, 0.15) is 5.82 Å². The van der Waals surface area contributed by atoms with Crippen LogP contribution in [0.2, 0.25) is 0 Å². The molecule has 2 amide bonds. The van der Waals surface area contributed by atoms with Crippen LogP contribution in [0.25, 0.3) is 11.4 Å². The van der Waals surface area contributed by atoms with Crippen LogP contribution in [0.3, 0.4) is 0 Å². The van der Waals surface area contributed by atoms with E-state index in [1.54, 1.807) is 43.3 Å². The molecule has 4 N–H and O–H groups in total. The molecule has 144 valence electrons. The van der Waals surface area contributed by atoms with E-state index in [0.29, 0.717) is 11.1 Å². The van der Waals surface area contributed by atoms with Crippen LogP contribution in [0.5, 0.6) is 0 Å². The van der Waals surface area contributed by atoms with Gasteiger partial charge in [0.2, 0.25) is 5.16 Å². The fourth-order valence-electron chi connectivity index (χ4n) is 2.28. The molecule has 10 heteroatoms. The lowest BCUT2D eigenvalue weighted by molar-refractivity contribution is -0.121.